The highest BCUT2D eigenvalue weighted by Crippen LogP contribution is 2.63. The second-order valence-electron chi connectivity index (χ2n) is 26.9. The van der Waals surface area contributed by atoms with E-state index in [0.717, 1.165) is 61.2 Å². The third kappa shape index (κ3) is 7.69. The number of hydrogen-bond acceptors (Lipinski definition) is 2. The average Bonchev–Trinajstić information content (AvgIpc) is 3.80. The van der Waals surface area contributed by atoms with Crippen molar-refractivity contribution in [3.05, 3.63) is 226 Å². The topological polar surface area (TPSA) is 6.48 Å². The van der Waals surface area contributed by atoms with Crippen molar-refractivity contribution in [1.82, 2.24) is 0 Å². The zero-order chi connectivity index (χ0) is 51.0. The van der Waals surface area contributed by atoms with Gasteiger partial charge in [-0.1, -0.05) is 135 Å². The van der Waals surface area contributed by atoms with Crippen LogP contribution in [0.3, 0.4) is 0 Å². The molecule has 8 saturated carbocycles. The number of hydrogen-bond donors (Lipinski definition) is 0. The third-order valence-electron chi connectivity index (χ3n) is 21.7. The molecule has 8 aromatic rings. The lowest BCUT2D eigenvalue weighted by Gasteiger charge is -2.57. The smallest absolute Gasteiger partial charge is 0.0543 e. The molecule has 21 rings (SSSR count). The molecule has 0 aliphatic heterocycles. The molecule has 0 unspecified atom stereocenters. The van der Waals surface area contributed by atoms with E-state index >= 15 is 0 Å². The van der Waals surface area contributed by atoms with Crippen LogP contribution in [-0.4, -0.2) is 0 Å². The molecule has 13 aliphatic rings. The Morgan fingerprint density at radius 2 is 0.779 bits per heavy atom. The molecular formula is C75H74N2. The van der Waals surface area contributed by atoms with Crippen LogP contribution in [-0.2, 0) is 41.9 Å². The minimum absolute atomic E-state index is 0.140. The Morgan fingerprint density at radius 1 is 0.338 bits per heavy atom. The molecule has 8 aromatic carbocycles. The minimum atomic E-state index is -0.140. The van der Waals surface area contributed by atoms with Gasteiger partial charge in [-0.25, -0.2) is 0 Å². The van der Waals surface area contributed by atoms with Gasteiger partial charge in [0.2, 0.25) is 0 Å². The van der Waals surface area contributed by atoms with E-state index in [2.05, 4.69) is 206 Å². The summed E-state index contributed by atoms with van der Waals surface area (Å²) < 4.78 is 0. The molecule has 2 nitrogen and oxygen atoms in total. The van der Waals surface area contributed by atoms with Crippen molar-refractivity contribution >= 4 is 34.1 Å². The summed E-state index contributed by atoms with van der Waals surface area (Å²) >= 11 is 0. The lowest BCUT2D eigenvalue weighted by atomic mass is 9.48. The summed E-state index contributed by atoms with van der Waals surface area (Å²) in [4.78, 5) is 5.28. The number of para-hydroxylation sites is 1. The van der Waals surface area contributed by atoms with E-state index in [0.29, 0.717) is 10.8 Å². The van der Waals surface area contributed by atoms with Gasteiger partial charge in [0.05, 0.1) is 5.69 Å². The SMILES string of the molecule is CC1(C)c2ccccc2-c2cc(-c3ccccc3)c(N(c3ccc(C45CC6CC(CC(C6)C4)C5)cc3)c3cc4ccc3CCc3ccc(c(N(c5ccccc5)c5ccc(C67CC8CC(CC(C8)C6)C7)cc5)c3)CC4)cc21. The molecule has 384 valence electrons. The first-order valence-corrected chi connectivity index (χ1v) is 30.1. The first-order valence-electron chi connectivity index (χ1n) is 30.1. The highest BCUT2D eigenvalue weighted by molar-refractivity contribution is 5.95. The summed E-state index contributed by atoms with van der Waals surface area (Å²) in [6.45, 7) is 4.88. The standard InChI is InChI=1S/C75H74N2/c1-73(2)68-16-10-9-15-65(68)67-41-66(57-11-5-3-6-12-57)72(42-69(67)73)77(64-31-27-61(28-32-64)75-46-54-36-55(47-75)38-56(37-54)48-75)71-40-50-18-22-58-21-17-49(19-23-59(71)24-20-50)39-70(58)76(62-13-7-4-8-14-62)63-29-25-60(26-30-63)74-43-51-33-52(44-74)35-53(34-51)45-74/h3-17,20-21,24-32,39-42,51-56H,18-19,22-23,33-38,43-48H2,1-2H3. The quantitative estimate of drug-likeness (QED) is 0.142. The molecule has 0 N–H and O–H groups in total. The van der Waals surface area contributed by atoms with Crippen LogP contribution >= 0.6 is 0 Å². The predicted octanol–water partition coefficient (Wildman–Crippen LogP) is 19.4. The molecular weight excluding hydrogens is 929 g/mol. The number of anilines is 6. The van der Waals surface area contributed by atoms with Crippen molar-refractivity contribution in [1.29, 1.82) is 0 Å². The summed E-state index contributed by atoms with van der Waals surface area (Å²) in [7, 11) is 0. The summed E-state index contributed by atoms with van der Waals surface area (Å²) in [6, 6.07) is 72.0. The van der Waals surface area contributed by atoms with Crippen molar-refractivity contribution in [3.8, 4) is 22.3 Å². The van der Waals surface area contributed by atoms with Crippen LogP contribution in [0.15, 0.2) is 182 Å². The molecule has 0 spiro atoms. The van der Waals surface area contributed by atoms with E-state index in [-0.39, 0.29) is 5.41 Å². The highest BCUT2D eigenvalue weighted by atomic mass is 15.2. The van der Waals surface area contributed by atoms with E-state index in [1.54, 1.807) is 11.1 Å². The molecule has 0 amide bonds. The van der Waals surface area contributed by atoms with Crippen molar-refractivity contribution < 1.29 is 0 Å². The van der Waals surface area contributed by atoms with Crippen molar-refractivity contribution in [3.63, 3.8) is 0 Å². The lowest BCUT2D eigenvalue weighted by molar-refractivity contribution is -0.00530. The summed E-state index contributed by atoms with van der Waals surface area (Å²) in [5.74, 6) is 5.56. The first-order chi connectivity index (χ1) is 37.7. The zero-order valence-corrected chi connectivity index (χ0v) is 45.5. The maximum Gasteiger partial charge on any atom is 0.0543 e. The molecule has 0 saturated heterocycles. The molecule has 2 heteroatoms. The highest BCUT2D eigenvalue weighted by Gasteiger charge is 2.53. The Balaban J connectivity index is 0.807. The maximum absolute atomic E-state index is 2.70. The first kappa shape index (κ1) is 46.5. The van der Waals surface area contributed by atoms with Gasteiger partial charge in [-0.3, -0.25) is 0 Å². The van der Waals surface area contributed by atoms with Gasteiger partial charge >= 0.3 is 0 Å². The molecule has 0 atom stereocenters. The predicted molar refractivity (Wildman–Crippen MR) is 320 cm³/mol. The number of aryl methyl sites for hydroxylation is 4. The molecule has 13 aliphatic carbocycles. The lowest BCUT2D eigenvalue weighted by Crippen LogP contribution is -2.48. The van der Waals surface area contributed by atoms with Gasteiger partial charge in [0.15, 0.2) is 0 Å². The van der Waals surface area contributed by atoms with Crippen LogP contribution in [0, 0.1) is 35.5 Å². The average molecular weight is 1000 g/mol. The monoisotopic (exact) mass is 1000 g/mol. The molecule has 8 fully saturated rings. The minimum Gasteiger partial charge on any atom is -0.310 e. The Kier molecular flexibility index (Phi) is 10.7. The summed E-state index contributed by atoms with van der Waals surface area (Å²) in [6.07, 6.45) is 21.0. The summed E-state index contributed by atoms with van der Waals surface area (Å²) in [5, 5.41) is 0. The van der Waals surface area contributed by atoms with E-state index in [9.17, 15) is 0 Å². The second kappa shape index (κ2) is 17.7. The van der Waals surface area contributed by atoms with Gasteiger partial charge in [0.25, 0.3) is 0 Å². The fraction of sp³-hybridized carbons (Fsp3) is 0.360. The molecule has 12 bridgehead atoms. The third-order valence-corrected chi connectivity index (χ3v) is 21.7. The van der Waals surface area contributed by atoms with Gasteiger partial charge in [-0.15, -0.1) is 0 Å². The number of nitrogens with zero attached hydrogens (tertiary/aromatic N) is 2. The van der Waals surface area contributed by atoms with Crippen LogP contribution in [0.2, 0.25) is 0 Å². The Labute approximate surface area is 458 Å². The number of benzene rings is 8. The Hall–Kier alpha value is -6.64. The van der Waals surface area contributed by atoms with Crippen molar-refractivity contribution in [2.75, 3.05) is 9.80 Å². The second-order valence-corrected chi connectivity index (χ2v) is 26.9. The maximum atomic E-state index is 2.70. The van der Waals surface area contributed by atoms with Crippen LogP contribution in [0.5, 0.6) is 0 Å². The molecule has 77 heavy (non-hydrogen) atoms. The van der Waals surface area contributed by atoms with Gasteiger partial charge in [-0.05, 0) is 271 Å². The Bertz CT molecular complexity index is 3490. The van der Waals surface area contributed by atoms with E-state index < -0.39 is 0 Å². The van der Waals surface area contributed by atoms with Gasteiger partial charge in [-0.2, -0.15) is 0 Å². The fourth-order valence-electron chi connectivity index (χ4n) is 19.0. The molecule has 0 aromatic heterocycles. The van der Waals surface area contributed by atoms with Crippen LogP contribution < -0.4 is 9.80 Å². The van der Waals surface area contributed by atoms with E-state index in [1.165, 1.54) is 167 Å². The largest absolute Gasteiger partial charge is 0.310 e. The number of fused-ring (bicyclic) bond motifs is 3. The van der Waals surface area contributed by atoms with Crippen molar-refractivity contribution in [2.45, 2.75) is 133 Å². The van der Waals surface area contributed by atoms with Gasteiger partial charge in [0, 0.05) is 39.4 Å². The van der Waals surface area contributed by atoms with Crippen LogP contribution in [0.1, 0.15) is 135 Å². The van der Waals surface area contributed by atoms with E-state index in [4.69, 9.17) is 0 Å². The Morgan fingerprint density at radius 3 is 1.30 bits per heavy atom. The molecule has 0 heterocycles. The normalized spacial score (nSPS) is 27.5. The van der Waals surface area contributed by atoms with Crippen molar-refractivity contribution in [2.24, 2.45) is 35.5 Å². The van der Waals surface area contributed by atoms with Gasteiger partial charge in [0.1, 0.15) is 0 Å². The van der Waals surface area contributed by atoms with Crippen LogP contribution in [0.4, 0.5) is 34.1 Å². The molecule has 0 radical (unpaired) electrons. The fourth-order valence-corrected chi connectivity index (χ4v) is 19.0. The van der Waals surface area contributed by atoms with E-state index in [1.807, 2.05) is 0 Å². The summed E-state index contributed by atoms with van der Waals surface area (Å²) in [5.41, 5.74) is 25.1. The number of rotatable bonds is 9. The zero-order valence-electron chi connectivity index (χ0n) is 45.5. The van der Waals surface area contributed by atoms with Gasteiger partial charge < -0.3 is 9.80 Å². The van der Waals surface area contributed by atoms with Crippen LogP contribution in [0.25, 0.3) is 22.3 Å².